The van der Waals surface area contributed by atoms with Gasteiger partial charge in [0, 0.05) is 6.54 Å². The second-order valence-corrected chi connectivity index (χ2v) is 3.17. The molecule has 1 heterocycles. The fourth-order valence-electron chi connectivity index (χ4n) is 1.51. The van der Waals surface area contributed by atoms with Gasteiger partial charge in [-0.2, -0.15) is 0 Å². The van der Waals surface area contributed by atoms with Crippen molar-refractivity contribution in [2.24, 2.45) is 5.92 Å². The van der Waals surface area contributed by atoms with Crippen LogP contribution in [0.5, 0.6) is 0 Å². The summed E-state index contributed by atoms with van der Waals surface area (Å²) in [7, 11) is 0. The minimum absolute atomic E-state index is 0.0299. The van der Waals surface area contributed by atoms with Crippen molar-refractivity contribution < 1.29 is 15.2 Å². The van der Waals surface area contributed by atoms with E-state index in [1.807, 2.05) is 0 Å². The number of amides is 1. The van der Waals surface area contributed by atoms with E-state index in [1.165, 1.54) is 0 Å². The maximum Gasteiger partial charge on any atom is 0.228 e. The van der Waals surface area contributed by atoms with Crippen molar-refractivity contribution in [3.05, 3.63) is 0 Å². The summed E-state index contributed by atoms with van der Waals surface area (Å²) in [6.45, 7) is 2.46. The van der Waals surface area contributed by atoms with Gasteiger partial charge in [-0.05, 0) is 12.8 Å². The molecule has 1 fully saturated rings. The number of piperidine rings is 1. The topological polar surface area (TPSA) is 65.9 Å². The first-order chi connectivity index (χ1) is 5.84. The van der Waals surface area contributed by atoms with Gasteiger partial charge in [-0.15, -0.1) is 0 Å². The number of aliphatic hydroxyl groups excluding tert-OH is 1. The molecule has 70 valence electrons. The highest BCUT2D eigenvalue weighted by molar-refractivity contribution is 5.78. The first-order valence-corrected chi connectivity index (χ1v) is 4.55. The molecular formula is C8H17N2O2+. The Balaban J connectivity index is 2.20. The normalized spacial score (nSPS) is 23.6. The van der Waals surface area contributed by atoms with E-state index in [1.54, 1.807) is 0 Å². The van der Waals surface area contributed by atoms with Gasteiger partial charge in [-0.3, -0.25) is 4.79 Å². The van der Waals surface area contributed by atoms with Gasteiger partial charge in [0.2, 0.25) is 5.91 Å². The zero-order valence-electron chi connectivity index (χ0n) is 7.25. The van der Waals surface area contributed by atoms with Crippen LogP contribution in [-0.4, -0.2) is 37.3 Å². The first kappa shape index (κ1) is 9.48. The smallest absolute Gasteiger partial charge is 0.228 e. The third kappa shape index (κ3) is 2.79. The van der Waals surface area contributed by atoms with Crippen molar-refractivity contribution >= 4 is 5.91 Å². The summed E-state index contributed by atoms with van der Waals surface area (Å²) in [6.07, 6.45) is 2.12. The van der Waals surface area contributed by atoms with Crippen LogP contribution in [0.25, 0.3) is 0 Å². The Bertz CT molecular complexity index is 144. The third-order valence-electron chi connectivity index (χ3n) is 2.19. The standard InChI is InChI=1S/C8H16N2O2/c11-5-4-10-8(12)7-2-1-3-9-6-7/h7,9,11H,1-6H2,(H,10,12)/p+1/t7-/m0/s1. The predicted octanol–water partition coefficient (Wildman–Crippen LogP) is -1.93. The van der Waals surface area contributed by atoms with Gasteiger partial charge in [0.15, 0.2) is 0 Å². The molecule has 0 aromatic carbocycles. The van der Waals surface area contributed by atoms with Crippen LogP contribution in [0.3, 0.4) is 0 Å². The van der Waals surface area contributed by atoms with Crippen LogP contribution < -0.4 is 10.6 Å². The lowest BCUT2D eigenvalue weighted by atomic mass is 9.99. The summed E-state index contributed by atoms with van der Waals surface area (Å²) >= 11 is 0. The number of hydrogen-bond donors (Lipinski definition) is 3. The second kappa shape index (κ2) is 5.11. The Morgan fingerprint density at radius 3 is 3.08 bits per heavy atom. The quantitative estimate of drug-likeness (QED) is 0.465. The number of carbonyl (C=O) groups is 1. The third-order valence-corrected chi connectivity index (χ3v) is 2.19. The summed E-state index contributed by atoms with van der Waals surface area (Å²) in [5.74, 6) is 0.255. The van der Waals surface area contributed by atoms with Crippen LogP contribution >= 0.6 is 0 Å². The summed E-state index contributed by atoms with van der Waals surface area (Å²) in [6, 6.07) is 0. The molecule has 1 atom stereocenters. The molecule has 1 amide bonds. The molecule has 0 radical (unpaired) electrons. The molecule has 0 aromatic rings. The minimum atomic E-state index is 0.0299. The molecule has 4 N–H and O–H groups in total. The number of rotatable bonds is 3. The van der Waals surface area contributed by atoms with Crippen LogP contribution in [0.4, 0.5) is 0 Å². The zero-order chi connectivity index (χ0) is 8.81. The van der Waals surface area contributed by atoms with E-state index >= 15 is 0 Å². The number of nitrogens with two attached hydrogens (primary N) is 1. The maximum atomic E-state index is 11.3. The fraction of sp³-hybridized carbons (Fsp3) is 0.875. The molecule has 4 nitrogen and oxygen atoms in total. The Kier molecular flexibility index (Phi) is 4.04. The Hall–Kier alpha value is -0.610. The molecule has 0 spiro atoms. The minimum Gasteiger partial charge on any atom is -0.395 e. The lowest BCUT2D eigenvalue weighted by Gasteiger charge is -2.18. The van der Waals surface area contributed by atoms with E-state index in [2.05, 4.69) is 10.6 Å². The van der Waals surface area contributed by atoms with Gasteiger partial charge in [-0.1, -0.05) is 0 Å². The van der Waals surface area contributed by atoms with E-state index in [-0.39, 0.29) is 18.4 Å². The molecule has 12 heavy (non-hydrogen) atoms. The predicted molar refractivity (Wildman–Crippen MR) is 44.5 cm³/mol. The van der Waals surface area contributed by atoms with Crippen LogP contribution in [0.15, 0.2) is 0 Å². The molecule has 0 unspecified atom stereocenters. The highest BCUT2D eigenvalue weighted by Crippen LogP contribution is 2.05. The second-order valence-electron chi connectivity index (χ2n) is 3.17. The van der Waals surface area contributed by atoms with Gasteiger partial charge < -0.3 is 15.7 Å². The molecule has 1 aliphatic rings. The van der Waals surface area contributed by atoms with Crippen LogP contribution in [-0.2, 0) is 4.79 Å². The van der Waals surface area contributed by atoms with Crippen LogP contribution in [0, 0.1) is 5.92 Å². The lowest BCUT2D eigenvalue weighted by molar-refractivity contribution is -0.666. The van der Waals surface area contributed by atoms with Gasteiger partial charge in [-0.25, -0.2) is 0 Å². The summed E-state index contributed by atoms with van der Waals surface area (Å²) < 4.78 is 0. The average Bonchev–Trinajstić information content (AvgIpc) is 2.15. The van der Waals surface area contributed by atoms with Crippen LogP contribution in [0.2, 0.25) is 0 Å². The summed E-state index contributed by atoms with van der Waals surface area (Å²) in [4.78, 5) is 11.3. The highest BCUT2D eigenvalue weighted by Gasteiger charge is 2.22. The van der Waals surface area contributed by atoms with Crippen molar-refractivity contribution in [2.45, 2.75) is 12.8 Å². The van der Waals surface area contributed by atoms with Gasteiger partial charge in [0.1, 0.15) is 0 Å². The van der Waals surface area contributed by atoms with E-state index in [9.17, 15) is 4.79 Å². The van der Waals surface area contributed by atoms with E-state index < -0.39 is 0 Å². The number of hydrogen-bond acceptors (Lipinski definition) is 2. The molecule has 4 heteroatoms. The molecule has 0 aliphatic carbocycles. The summed E-state index contributed by atoms with van der Waals surface area (Å²) in [5, 5.41) is 13.4. The molecule has 0 saturated carbocycles. The van der Waals surface area contributed by atoms with Crippen molar-refractivity contribution in [2.75, 3.05) is 26.2 Å². The molecular weight excluding hydrogens is 156 g/mol. The average molecular weight is 173 g/mol. The summed E-state index contributed by atoms with van der Waals surface area (Å²) in [5.41, 5.74) is 0. The lowest BCUT2D eigenvalue weighted by Crippen LogP contribution is -2.87. The highest BCUT2D eigenvalue weighted by atomic mass is 16.3. The Morgan fingerprint density at radius 2 is 2.50 bits per heavy atom. The Morgan fingerprint density at radius 1 is 1.67 bits per heavy atom. The van der Waals surface area contributed by atoms with E-state index in [0.29, 0.717) is 6.54 Å². The number of aliphatic hydroxyl groups is 1. The number of quaternary nitrogens is 1. The number of nitrogens with one attached hydrogen (secondary N) is 1. The Labute approximate surface area is 72.3 Å². The largest absolute Gasteiger partial charge is 0.395 e. The fourth-order valence-corrected chi connectivity index (χ4v) is 1.51. The van der Waals surface area contributed by atoms with Gasteiger partial charge >= 0.3 is 0 Å². The SMILES string of the molecule is O=C(NCCO)[C@H]1CCC[NH2+]C1. The molecule has 0 aromatic heterocycles. The van der Waals surface area contributed by atoms with Crippen molar-refractivity contribution in [3.63, 3.8) is 0 Å². The van der Waals surface area contributed by atoms with E-state index in [0.717, 1.165) is 25.9 Å². The van der Waals surface area contributed by atoms with Gasteiger partial charge in [0.05, 0.1) is 25.6 Å². The van der Waals surface area contributed by atoms with Crippen LogP contribution in [0.1, 0.15) is 12.8 Å². The zero-order valence-corrected chi connectivity index (χ0v) is 7.25. The maximum absolute atomic E-state index is 11.3. The number of carbonyl (C=O) groups excluding carboxylic acids is 1. The molecule has 1 saturated heterocycles. The monoisotopic (exact) mass is 173 g/mol. The van der Waals surface area contributed by atoms with Crippen molar-refractivity contribution in [1.82, 2.24) is 5.32 Å². The van der Waals surface area contributed by atoms with Crippen molar-refractivity contribution in [1.29, 1.82) is 0 Å². The molecule has 1 rings (SSSR count). The van der Waals surface area contributed by atoms with E-state index in [4.69, 9.17) is 5.11 Å². The van der Waals surface area contributed by atoms with Gasteiger partial charge in [0.25, 0.3) is 0 Å². The van der Waals surface area contributed by atoms with Crippen molar-refractivity contribution in [3.8, 4) is 0 Å². The first-order valence-electron chi connectivity index (χ1n) is 4.55. The molecule has 0 bridgehead atoms. The molecule has 1 aliphatic heterocycles.